The van der Waals surface area contributed by atoms with Crippen LogP contribution >= 0.6 is 0 Å². The lowest BCUT2D eigenvalue weighted by Crippen LogP contribution is -2.44. The van der Waals surface area contributed by atoms with Gasteiger partial charge in [0, 0.05) is 6.92 Å². The van der Waals surface area contributed by atoms with Crippen molar-refractivity contribution in [2.75, 3.05) is 10.2 Å². The van der Waals surface area contributed by atoms with Crippen molar-refractivity contribution >= 4 is 33.2 Å². The maximum Gasteiger partial charge on any atom is 0.252 e. The SMILES string of the molecule is CC(=O)N1c2ccc(S(N)(=O)=O)cc2NC(=O)C1c1ccccc1. The monoisotopic (exact) mass is 345 g/mol. The van der Waals surface area contributed by atoms with Crippen LogP contribution in [0.2, 0.25) is 0 Å². The number of hydrogen-bond acceptors (Lipinski definition) is 4. The quantitative estimate of drug-likeness (QED) is 0.857. The zero-order valence-electron chi connectivity index (χ0n) is 12.8. The van der Waals surface area contributed by atoms with Crippen LogP contribution in [0.3, 0.4) is 0 Å². The number of nitrogens with one attached hydrogen (secondary N) is 1. The molecule has 0 spiro atoms. The van der Waals surface area contributed by atoms with Crippen molar-refractivity contribution in [3.63, 3.8) is 0 Å². The second-order valence-electron chi connectivity index (χ2n) is 5.42. The highest BCUT2D eigenvalue weighted by Crippen LogP contribution is 2.39. The molecule has 1 unspecified atom stereocenters. The minimum absolute atomic E-state index is 0.136. The molecule has 8 heteroatoms. The molecule has 0 bridgehead atoms. The Morgan fingerprint density at radius 2 is 1.83 bits per heavy atom. The number of fused-ring (bicyclic) bond motifs is 1. The first kappa shape index (κ1) is 16.2. The number of benzene rings is 2. The molecule has 0 fully saturated rings. The number of sulfonamides is 1. The predicted molar refractivity (Wildman–Crippen MR) is 88.8 cm³/mol. The first-order chi connectivity index (χ1) is 11.3. The third-order valence-electron chi connectivity index (χ3n) is 3.78. The lowest BCUT2D eigenvalue weighted by atomic mass is 10.00. The summed E-state index contributed by atoms with van der Waals surface area (Å²) in [4.78, 5) is 25.9. The largest absolute Gasteiger partial charge is 0.322 e. The summed E-state index contributed by atoms with van der Waals surface area (Å²) in [5.41, 5.74) is 1.31. The molecule has 3 N–H and O–H groups in total. The van der Waals surface area contributed by atoms with Gasteiger partial charge in [-0.25, -0.2) is 13.6 Å². The number of amides is 2. The summed E-state index contributed by atoms with van der Waals surface area (Å²) in [6, 6.07) is 12.1. The van der Waals surface area contributed by atoms with Gasteiger partial charge < -0.3 is 5.32 Å². The molecule has 0 radical (unpaired) electrons. The highest BCUT2D eigenvalue weighted by molar-refractivity contribution is 7.89. The lowest BCUT2D eigenvalue weighted by Gasteiger charge is -2.36. The molecule has 0 saturated heterocycles. The lowest BCUT2D eigenvalue weighted by molar-refractivity contribution is -0.123. The van der Waals surface area contributed by atoms with E-state index in [9.17, 15) is 18.0 Å². The number of primary sulfonamides is 1. The molecule has 7 nitrogen and oxygen atoms in total. The first-order valence-corrected chi connectivity index (χ1v) is 8.66. The average Bonchev–Trinajstić information content (AvgIpc) is 2.52. The zero-order chi connectivity index (χ0) is 17.5. The topological polar surface area (TPSA) is 110 Å². The van der Waals surface area contributed by atoms with Gasteiger partial charge in [0.1, 0.15) is 6.04 Å². The van der Waals surface area contributed by atoms with E-state index in [1.165, 1.54) is 30.0 Å². The van der Waals surface area contributed by atoms with Crippen LogP contribution in [-0.4, -0.2) is 20.2 Å². The number of carbonyl (C=O) groups is 2. The second kappa shape index (κ2) is 5.73. The summed E-state index contributed by atoms with van der Waals surface area (Å²) >= 11 is 0. The molecular formula is C16H15N3O4S. The Morgan fingerprint density at radius 3 is 2.42 bits per heavy atom. The van der Waals surface area contributed by atoms with Gasteiger partial charge in [-0.05, 0) is 23.8 Å². The van der Waals surface area contributed by atoms with Crippen LogP contribution in [0.4, 0.5) is 11.4 Å². The fraction of sp³-hybridized carbons (Fsp3) is 0.125. The van der Waals surface area contributed by atoms with Crippen LogP contribution in [-0.2, 0) is 19.6 Å². The molecule has 0 aliphatic carbocycles. The van der Waals surface area contributed by atoms with Gasteiger partial charge in [0.15, 0.2) is 0 Å². The minimum atomic E-state index is -3.91. The van der Waals surface area contributed by atoms with Gasteiger partial charge in [-0.1, -0.05) is 30.3 Å². The second-order valence-corrected chi connectivity index (χ2v) is 6.98. The molecule has 1 atom stereocenters. The Morgan fingerprint density at radius 1 is 1.17 bits per heavy atom. The maximum atomic E-state index is 12.5. The number of rotatable bonds is 2. The molecule has 0 aromatic heterocycles. The van der Waals surface area contributed by atoms with Crippen molar-refractivity contribution in [2.24, 2.45) is 5.14 Å². The van der Waals surface area contributed by atoms with E-state index in [0.717, 1.165) is 0 Å². The number of nitrogens with two attached hydrogens (primary N) is 1. The van der Waals surface area contributed by atoms with Gasteiger partial charge in [0.25, 0.3) is 5.91 Å². The van der Waals surface area contributed by atoms with Gasteiger partial charge in [-0.3, -0.25) is 14.5 Å². The summed E-state index contributed by atoms with van der Waals surface area (Å²) in [5.74, 6) is -0.751. The molecule has 1 aliphatic rings. The maximum absolute atomic E-state index is 12.5. The Hall–Kier alpha value is -2.71. The summed E-state index contributed by atoms with van der Waals surface area (Å²) in [6.07, 6.45) is 0. The van der Waals surface area contributed by atoms with Gasteiger partial charge in [-0.15, -0.1) is 0 Å². The van der Waals surface area contributed by atoms with Crippen molar-refractivity contribution in [1.82, 2.24) is 0 Å². The van der Waals surface area contributed by atoms with Gasteiger partial charge in [0.05, 0.1) is 16.3 Å². The van der Waals surface area contributed by atoms with Crippen LogP contribution in [0, 0.1) is 0 Å². The highest BCUT2D eigenvalue weighted by atomic mass is 32.2. The molecule has 124 valence electrons. The Kier molecular flexibility index (Phi) is 3.86. The molecule has 1 aliphatic heterocycles. The van der Waals surface area contributed by atoms with Crippen molar-refractivity contribution in [2.45, 2.75) is 17.9 Å². The van der Waals surface area contributed by atoms with E-state index < -0.39 is 22.0 Å². The molecule has 2 aromatic rings. The van der Waals surface area contributed by atoms with E-state index in [4.69, 9.17) is 5.14 Å². The Bertz CT molecular complexity index is 926. The van der Waals surface area contributed by atoms with E-state index in [-0.39, 0.29) is 16.5 Å². The molecule has 0 saturated carbocycles. The predicted octanol–water partition coefficient (Wildman–Crippen LogP) is 1.38. The van der Waals surface area contributed by atoms with Gasteiger partial charge in [-0.2, -0.15) is 0 Å². The standard InChI is InChI=1S/C16H15N3O4S/c1-10(20)19-14-8-7-12(24(17,22)23)9-13(14)18-16(21)15(19)11-5-3-2-4-6-11/h2-9,15H,1H3,(H,18,21)(H2,17,22,23). The van der Waals surface area contributed by atoms with E-state index >= 15 is 0 Å². The Labute approximate surface area is 139 Å². The first-order valence-electron chi connectivity index (χ1n) is 7.11. The fourth-order valence-corrected chi connectivity index (χ4v) is 3.29. The van der Waals surface area contributed by atoms with Crippen molar-refractivity contribution < 1.29 is 18.0 Å². The van der Waals surface area contributed by atoms with E-state index in [1.807, 2.05) is 6.07 Å². The highest BCUT2D eigenvalue weighted by Gasteiger charge is 2.36. The molecule has 2 amide bonds. The number of nitrogens with zero attached hydrogens (tertiary/aromatic N) is 1. The van der Waals surface area contributed by atoms with Crippen molar-refractivity contribution in [3.8, 4) is 0 Å². The van der Waals surface area contributed by atoms with Crippen LogP contribution < -0.4 is 15.4 Å². The summed E-state index contributed by atoms with van der Waals surface area (Å²) in [7, 11) is -3.91. The third-order valence-corrected chi connectivity index (χ3v) is 4.69. The van der Waals surface area contributed by atoms with Gasteiger partial charge >= 0.3 is 0 Å². The molecule has 24 heavy (non-hydrogen) atoms. The molecular weight excluding hydrogens is 330 g/mol. The third kappa shape index (κ3) is 2.77. The summed E-state index contributed by atoms with van der Waals surface area (Å²) in [6.45, 7) is 1.35. The number of carbonyl (C=O) groups excluding carboxylic acids is 2. The summed E-state index contributed by atoms with van der Waals surface area (Å²) in [5, 5.41) is 7.77. The Balaban J connectivity index is 2.16. The normalized spacial score (nSPS) is 17.2. The minimum Gasteiger partial charge on any atom is -0.322 e. The molecule has 1 heterocycles. The van der Waals surface area contributed by atoms with Crippen molar-refractivity contribution in [1.29, 1.82) is 0 Å². The van der Waals surface area contributed by atoms with E-state index in [1.54, 1.807) is 24.3 Å². The molecule has 3 rings (SSSR count). The van der Waals surface area contributed by atoms with Crippen LogP contribution in [0.1, 0.15) is 18.5 Å². The van der Waals surface area contributed by atoms with Crippen molar-refractivity contribution in [3.05, 3.63) is 54.1 Å². The van der Waals surface area contributed by atoms with Crippen LogP contribution in [0.25, 0.3) is 0 Å². The average molecular weight is 345 g/mol. The fourth-order valence-electron chi connectivity index (χ4n) is 2.75. The number of anilines is 2. The summed E-state index contributed by atoms with van der Waals surface area (Å²) < 4.78 is 23.0. The van der Waals surface area contributed by atoms with E-state index in [2.05, 4.69) is 5.32 Å². The molecule has 2 aromatic carbocycles. The van der Waals surface area contributed by atoms with E-state index in [0.29, 0.717) is 11.3 Å². The zero-order valence-corrected chi connectivity index (χ0v) is 13.6. The van der Waals surface area contributed by atoms with Crippen LogP contribution in [0.15, 0.2) is 53.4 Å². The van der Waals surface area contributed by atoms with Crippen LogP contribution in [0.5, 0.6) is 0 Å². The van der Waals surface area contributed by atoms with Gasteiger partial charge in [0.2, 0.25) is 15.9 Å². The smallest absolute Gasteiger partial charge is 0.252 e. The number of hydrogen-bond donors (Lipinski definition) is 2.